The summed E-state index contributed by atoms with van der Waals surface area (Å²) in [4.78, 5) is -0.793. The fraction of sp³-hybridized carbons (Fsp3) is 0.200. The third-order valence-electron chi connectivity index (χ3n) is 2.38. The summed E-state index contributed by atoms with van der Waals surface area (Å²) in [5, 5.41) is 3.12. The van der Waals surface area contributed by atoms with E-state index in [0.29, 0.717) is 11.4 Å². The first kappa shape index (κ1) is 9.21. The van der Waals surface area contributed by atoms with Gasteiger partial charge in [0.25, 0.3) is 0 Å². The van der Waals surface area contributed by atoms with Crippen molar-refractivity contribution in [3.8, 4) is 0 Å². The maximum Gasteiger partial charge on any atom is 0.151 e. The van der Waals surface area contributed by atoms with Crippen molar-refractivity contribution in [3.05, 3.63) is 35.5 Å². The number of alkyl halides is 1. The Labute approximate surface area is 87.7 Å². The minimum atomic E-state index is -0.793. The zero-order chi connectivity index (χ0) is 10.3. The number of rotatable bonds is 0. The van der Waals surface area contributed by atoms with E-state index in [1.807, 2.05) is 24.3 Å². The number of hydrogen-bond acceptors (Lipinski definition) is 3. The van der Waals surface area contributed by atoms with Gasteiger partial charge in [0, 0.05) is 11.3 Å². The lowest BCUT2D eigenvalue weighted by atomic mass is 10.0. The Bertz CT molecular complexity index is 410. The van der Waals surface area contributed by atoms with E-state index in [0.717, 1.165) is 11.3 Å². The summed E-state index contributed by atoms with van der Waals surface area (Å²) in [6.07, 6.45) is 0. The molecular formula is C10H12ClN3. The largest absolute Gasteiger partial charge is 0.397 e. The third-order valence-corrected chi connectivity index (χ3v) is 2.68. The standard InChI is InChI=1S/C10H12ClN3/c1-10(11)9(13)8(12)6-4-2-3-5-7(6)14-10/h2-5,14H,12-13H2,1H3. The zero-order valence-corrected chi connectivity index (χ0v) is 8.60. The lowest BCUT2D eigenvalue weighted by Gasteiger charge is -2.32. The molecule has 0 saturated carbocycles. The first-order chi connectivity index (χ1) is 6.52. The van der Waals surface area contributed by atoms with Crippen LogP contribution in [0.3, 0.4) is 0 Å². The summed E-state index contributed by atoms with van der Waals surface area (Å²) in [5.74, 6) is 0. The van der Waals surface area contributed by atoms with Crippen LogP contribution in [0.25, 0.3) is 5.70 Å². The van der Waals surface area contributed by atoms with Crippen LogP contribution < -0.4 is 16.8 Å². The molecule has 0 bridgehead atoms. The minimum Gasteiger partial charge on any atom is -0.397 e. The van der Waals surface area contributed by atoms with Crippen LogP contribution in [0.5, 0.6) is 0 Å². The van der Waals surface area contributed by atoms with Gasteiger partial charge in [-0.25, -0.2) is 0 Å². The van der Waals surface area contributed by atoms with Gasteiger partial charge in [0.1, 0.15) is 0 Å². The fourth-order valence-corrected chi connectivity index (χ4v) is 1.75. The summed E-state index contributed by atoms with van der Waals surface area (Å²) in [6.45, 7) is 1.78. The van der Waals surface area contributed by atoms with Gasteiger partial charge in [0.05, 0.1) is 11.4 Å². The van der Waals surface area contributed by atoms with Gasteiger partial charge in [-0.05, 0) is 13.0 Å². The van der Waals surface area contributed by atoms with E-state index in [9.17, 15) is 0 Å². The van der Waals surface area contributed by atoms with Gasteiger partial charge in [0.15, 0.2) is 5.00 Å². The van der Waals surface area contributed by atoms with Crippen LogP contribution in [-0.4, -0.2) is 5.00 Å². The molecule has 14 heavy (non-hydrogen) atoms. The van der Waals surface area contributed by atoms with Crippen molar-refractivity contribution in [1.82, 2.24) is 0 Å². The molecule has 0 aromatic heterocycles. The molecule has 0 spiro atoms. The molecule has 0 saturated heterocycles. The lowest BCUT2D eigenvalue weighted by molar-refractivity contribution is 0.811. The smallest absolute Gasteiger partial charge is 0.151 e. The van der Waals surface area contributed by atoms with E-state index in [4.69, 9.17) is 23.1 Å². The molecule has 1 aliphatic heterocycles. The monoisotopic (exact) mass is 209 g/mol. The molecule has 4 heteroatoms. The first-order valence-electron chi connectivity index (χ1n) is 4.34. The molecule has 0 fully saturated rings. The quantitative estimate of drug-likeness (QED) is 0.450. The number of nitrogens with one attached hydrogen (secondary N) is 1. The predicted molar refractivity (Wildman–Crippen MR) is 59.6 cm³/mol. The van der Waals surface area contributed by atoms with Gasteiger partial charge < -0.3 is 16.8 Å². The molecule has 2 rings (SSSR count). The fourth-order valence-electron chi connectivity index (χ4n) is 1.55. The van der Waals surface area contributed by atoms with Crippen LogP contribution in [0.1, 0.15) is 12.5 Å². The van der Waals surface area contributed by atoms with Crippen LogP contribution in [0, 0.1) is 0 Å². The van der Waals surface area contributed by atoms with Crippen LogP contribution >= 0.6 is 11.6 Å². The molecule has 1 heterocycles. The Morgan fingerprint density at radius 3 is 2.64 bits per heavy atom. The summed E-state index contributed by atoms with van der Waals surface area (Å²) in [6, 6.07) is 7.68. The van der Waals surface area contributed by atoms with Gasteiger partial charge in [-0.2, -0.15) is 0 Å². The predicted octanol–water partition coefficient (Wildman–Crippen LogP) is 1.65. The van der Waals surface area contributed by atoms with Crippen LogP contribution in [0.2, 0.25) is 0 Å². The number of hydrogen-bond donors (Lipinski definition) is 3. The normalized spacial score (nSPS) is 25.6. The Kier molecular flexibility index (Phi) is 1.86. The van der Waals surface area contributed by atoms with E-state index in [1.54, 1.807) is 6.92 Å². The number of para-hydroxylation sites is 1. The summed E-state index contributed by atoms with van der Waals surface area (Å²) in [5.41, 5.74) is 14.6. The molecule has 0 radical (unpaired) electrons. The molecule has 1 atom stereocenters. The van der Waals surface area contributed by atoms with Crippen LogP contribution in [0.4, 0.5) is 5.69 Å². The highest BCUT2D eigenvalue weighted by atomic mass is 35.5. The highest BCUT2D eigenvalue weighted by Gasteiger charge is 2.31. The molecule has 1 aromatic rings. The van der Waals surface area contributed by atoms with Crippen molar-refractivity contribution >= 4 is 23.0 Å². The van der Waals surface area contributed by atoms with Gasteiger partial charge >= 0.3 is 0 Å². The van der Waals surface area contributed by atoms with Gasteiger partial charge in [-0.3, -0.25) is 0 Å². The molecule has 0 amide bonds. The molecule has 0 aliphatic carbocycles. The third kappa shape index (κ3) is 1.21. The van der Waals surface area contributed by atoms with E-state index < -0.39 is 5.00 Å². The first-order valence-corrected chi connectivity index (χ1v) is 4.72. The number of anilines is 1. The summed E-state index contributed by atoms with van der Waals surface area (Å²) in [7, 11) is 0. The van der Waals surface area contributed by atoms with Crippen LogP contribution in [-0.2, 0) is 0 Å². The Morgan fingerprint density at radius 1 is 1.29 bits per heavy atom. The van der Waals surface area contributed by atoms with Crippen molar-refractivity contribution in [2.75, 3.05) is 5.32 Å². The van der Waals surface area contributed by atoms with Crippen molar-refractivity contribution in [3.63, 3.8) is 0 Å². The van der Waals surface area contributed by atoms with Gasteiger partial charge in [0.2, 0.25) is 0 Å². The number of fused-ring (bicyclic) bond motifs is 1. The number of benzene rings is 1. The Hall–Kier alpha value is -1.35. The topological polar surface area (TPSA) is 64.1 Å². The van der Waals surface area contributed by atoms with Crippen molar-refractivity contribution in [2.24, 2.45) is 11.5 Å². The second-order valence-corrected chi connectivity index (χ2v) is 4.26. The van der Waals surface area contributed by atoms with Crippen molar-refractivity contribution in [1.29, 1.82) is 0 Å². The Morgan fingerprint density at radius 2 is 1.93 bits per heavy atom. The van der Waals surface area contributed by atoms with Crippen LogP contribution in [0.15, 0.2) is 30.0 Å². The highest BCUT2D eigenvalue weighted by Crippen LogP contribution is 2.36. The molecule has 1 unspecified atom stereocenters. The van der Waals surface area contributed by atoms with E-state index >= 15 is 0 Å². The maximum absolute atomic E-state index is 6.17. The summed E-state index contributed by atoms with van der Waals surface area (Å²) < 4.78 is 0. The lowest BCUT2D eigenvalue weighted by Crippen LogP contribution is -2.39. The molecule has 74 valence electrons. The maximum atomic E-state index is 6.17. The number of nitrogens with two attached hydrogens (primary N) is 2. The molecule has 1 aliphatic rings. The zero-order valence-electron chi connectivity index (χ0n) is 7.84. The van der Waals surface area contributed by atoms with Gasteiger partial charge in [-0.1, -0.05) is 29.8 Å². The Balaban J connectivity index is 2.64. The van der Waals surface area contributed by atoms with Crippen molar-refractivity contribution < 1.29 is 0 Å². The molecule has 5 N–H and O–H groups in total. The molecular weight excluding hydrogens is 198 g/mol. The molecule has 3 nitrogen and oxygen atoms in total. The van der Waals surface area contributed by atoms with Crippen molar-refractivity contribution in [2.45, 2.75) is 11.9 Å². The second-order valence-electron chi connectivity index (χ2n) is 3.50. The molecule has 1 aromatic carbocycles. The SMILES string of the molecule is CC1(Cl)Nc2ccccc2C(N)=C1N. The van der Waals surface area contributed by atoms with E-state index in [1.165, 1.54) is 0 Å². The second kappa shape index (κ2) is 2.82. The van der Waals surface area contributed by atoms with Gasteiger partial charge in [-0.15, -0.1) is 0 Å². The minimum absolute atomic E-state index is 0.470. The highest BCUT2D eigenvalue weighted by molar-refractivity contribution is 6.27. The van der Waals surface area contributed by atoms with E-state index in [-0.39, 0.29) is 0 Å². The summed E-state index contributed by atoms with van der Waals surface area (Å²) >= 11 is 6.17. The average molecular weight is 210 g/mol. The van der Waals surface area contributed by atoms with E-state index in [2.05, 4.69) is 5.32 Å². The number of halogens is 1. The average Bonchev–Trinajstić information content (AvgIpc) is 2.14.